The Morgan fingerprint density at radius 1 is 0.287 bits per heavy atom. The van der Waals surface area contributed by atoms with Crippen molar-refractivity contribution >= 4 is 136 Å². The van der Waals surface area contributed by atoms with Crippen LogP contribution in [0, 0.1) is 36.2 Å². The quantitative estimate of drug-likeness (QED) is 0.160. The molecule has 3 atom stereocenters. The van der Waals surface area contributed by atoms with Crippen molar-refractivity contribution < 1.29 is 4.42 Å². The maximum absolute atomic E-state index is 9.46. The van der Waals surface area contributed by atoms with E-state index in [0.29, 0.717) is 16.8 Å². The van der Waals surface area contributed by atoms with Gasteiger partial charge in [0.1, 0.15) is 16.8 Å². The van der Waals surface area contributed by atoms with Gasteiger partial charge in [-0.2, -0.15) is 10.5 Å². The highest BCUT2D eigenvalue weighted by Crippen LogP contribution is 2.67. The summed E-state index contributed by atoms with van der Waals surface area (Å²) >= 11 is 1.88. The van der Waals surface area contributed by atoms with Crippen molar-refractivity contribution in [2.24, 2.45) is 0 Å². The van der Waals surface area contributed by atoms with Crippen LogP contribution in [0.15, 0.2) is 472 Å². The van der Waals surface area contributed by atoms with Gasteiger partial charge in [-0.15, -0.1) is 11.3 Å². The van der Waals surface area contributed by atoms with E-state index in [-0.39, 0.29) is 0 Å². The molecule has 0 fully saturated rings. The van der Waals surface area contributed by atoms with E-state index in [1.807, 2.05) is 72.3 Å². The number of thiophene rings is 1. The Hall–Kier alpha value is -19.8. The second-order valence-corrected chi connectivity index (χ2v) is 41.7. The lowest BCUT2D eigenvalue weighted by Crippen LogP contribution is -2.33. The van der Waals surface area contributed by atoms with Crippen LogP contribution in [0.3, 0.4) is 0 Å². The molecule has 0 saturated heterocycles. The number of para-hydroxylation sites is 7. The fourth-order valence-electron chi connectivity index (χ4n) is 27.6. The van der Waals surface area contributed by atoms with E-state index in [4.69, 9.17) is 11.0 Å². The van der Waals surface area contributed by atoms with Gasteiger partial charge in [-0.3, -0.25) is 14.1 Å². The van der Waals surface area contributed by atoms with Gasteiger partial charge < -0.3 is 13.6 Å². The van der Waals surface area contributed by atoms with Gasteiger partial charge in [0, 0.05) is 86.9 Å². The standard InChI is InChI=1S/C49H27N3O.C46H27N3.C45H26N2S/c1-50-33-19-15-29(16-20-33)30-17-22-40-38(26-30)34-9-2-4-12-39(34)49(40)41-23-18-31(32-8-7-25-51-28-32)27-44(41)52-43-24-21-36-35-10-3-5-14-45(35)53-48(36)46(43)37-11-6-13-42(49)47(37)52;47-28-29-21-23-30(24-22-29)31-25-26-34-33-13-4-6-16-37(33)46(40(34)27-31)38-17-7-9-20-42(38)49-44-36(15-10-18-39(44)46)43-35-14-5-8-19-41(35)48(45(43)49)32-11-2-1-3-12-32;1-26-22-34-32-20-21-41-42(33-9-3-7-13-40(33)48-41)44(32)47-39-12-6-5-11-36(39)45(38(23-26)43(34)47)35-10-4-2-8-30(35)31-19-18-29(24-37(31)45)28-16-14-27(25-46)15-17-28/h2-28H;1-27H;2-24H,1H3. The van der Waals surface area contributed by atoms with E-state index in [2.05, 4.69) is 454 Å². The highest BCUT2D eigenvalue weighted by atomic mass is 32.1. The van der Waals surface area contributed by atoms with Gasteiger partial charge in [0.2, 0.25) is 0 Å². The minimum atomic E-state index is -0.571. The Morgan fingerprint density at radius 2 is 0.773 bits per heavy atom. The number of pyridine rings is 1. The predicted octanol–water partition coefficient (Wildman–Crippen LogP) is 35.3. The van der Waals surface area contributed by atoms with Crippen LogP contribution in [-0.4, -0.2) is 23.3 Å². The average Bonchev–Trinajstić information content (AvgIpc) is 1.50. The molecule has 28 aromatic rings. The normalized spacial score (nSPS) is 15.4. The zero-order valence-electron chi connectivity index (χ0n) is 80.9. The second kappa shape index (κ2) is 31.1. The van der Waals surface area contributed by atoms with Crippen LogP contribution in [0.5, 0.6) is 0 Å². The number of benzene rings is 21. The van der Waals surface area contributed by atoms with Crippen LogP contribution in [-0.2, 0) is 16.2 Å². The summed E-state index contributed by atoms with van der Waals surface area (Å²) < 4.78 is 19.4. The van der Waals surface area contributed by atoms with E-state index in [9.17, 15) is 10.5 Å². The summed E-state index contributed by atoms with van der Waals surface area (Å²) in [5.74, 6) is 0. The third kappa shape index (κ3) is 11.0. The molecule has 10 heteroatoms. The average molecular weight is 1920 g/mol. The minimum absolute atomic E-state index is 0.504. The molecule has 0 saturated carbocycles. The molecule has 3 aliphatic carbocycles. The molecular formula is C140H80N8OS. The number of aromatic nitrogens is 5. The lowest BCUT2D eigenvalue weighted by molar-refractivity contribution is 0.673. The van der Waals surface area contributed by atoms with Crippen LogP contribution in [0.4, 0.5) is 5.69 Å². The van der Waals surface area contributed by atoms with Crippen LogP contribution in [0.25, 0.3) is 224 Å². The summed E-state index contributed by atoms with van der Waals surface area (Å²) in [5, 5.41) is 32.6. The number of rotatable bonds is 5. The SMILES string of the molecule is Cc1cc2c3c(c1)c1ccc4sc5ccccc5c4c1n3-c1ccccc1C21c2ccccc2-c2ccc(-c3ccc(C#N)cc3)cc21.N#Cc1ccc(-c2ccc3c(c2)C2(c4ccccc4-3)c3ccccc3-n3c4c2cccc4c2c4ccccc4n(-c4ccccc4)c23)cc1.[C-]#[N+]c1ccc(-c2ccc3c(c2)-c2ccccc2C32c3ccc(-c4cccnc4)cc3-n3c4ccc5c6ccccc6oc5c4c4cccc2c43)cc1. The van der Waals surface area contributed by atoms with Crippen molar-refractivity contribution in [2.75, 3.05) is 0 Å². The molecule has 150 heavy (non-hydrogen) atoms. The van der Waals surface area contributed by atoms with Gasteiger partial charge in [-0.25, -0.2) is 4.85 Å². The number of nitriles is 2. The maximum Gasteiger partial charge on any atom is 0.187 e. The van der Waals surface area contributed by atoms with Crippen molar-refractivity contribution in [3.8, 4) is 113 Å². The number of furan rings is 1. The molecule has 0 amide bonds. The summed E-state index contributed by atoms with van der Waals surface area (Å²) in [6, 6.07) is 170. The molecule has 21 aromatic carbocycles. The third-order valence-electron chi connectivity index (χ3n) is 33.5. The number of nitrogens with zero attached hydrogens (tertiary/aromatic N) is 8. The molecule has 10 heterocycles. The van der Waals surface area contributed by atoms with Crippen molar-refractivity contribution in [1.82, 2.24) is 23.3 Å². The third-order valence-corrected chi connectivity index (χ3v) is 34.6. The number of fused-ring (bicyclic) bond motifs is 46. The van der Waals surface area contributed by atoms with E-state index in [0.717, 1.165) is 88.7 Å². The van der Waals surface area contributed by atoms with Crippen LogP contribution < -0.4 is 0 Å². The van der Waals surface area contributed by atoms with E-state index >= 15 is 0 Å². The zero-order valence-corrected chi connectivity index (χ0v) is 81.7. The summed E-state index contributed by atoms with van der Waals surface area (Å²) in [7, 11) is 0. The highest BCUT2D eigenvalue weighted by molar-refractivity contribution is 7.26. The molecule has 692 valence electrons. The first-order chi connectivity index (χ1) is 74.2. The van der Waals surface area contributed by atoms with Gasteiger partial charge in [0.05, 0.1) is 102 Å². The molecule has 3 aliphatic heterocycles. The zero-order chi connectivity index (χ0) is 98.8. The second-order valence-electron chi connectivity index (χ2n) is 40.6. The van der Waals surface area contributed by atoms with E-state index in [1.54, 1.807) is 0 Å². The van der Waals surface area contributed by atoms with E-state index < -0.39 is 16.2 Å². The number of hydrogen-bond donors (Lipinski definition) is 0. The molecule has 7 aromatic heterocycles. The molecule has 34 rings (SSSR count). The van der Waals surface area contributed by atoms with Gasteiger partial charge >= 0.3 is 0 Å². The van der Waals surface area contributed by atoms with Crippen molar-refractivity contribution in [2.45, 2.75) is 23.2 Å². The lowest BCUT2D eigenvalue weighted by Gasteiger charge is -2.40. The van der Waals surface area contributed by atoms with Crippen molar-refractivity contribution in [3.05, 3.63) is 562 Å². The molecule has 3 unspecified atom stereocenters. The molecule has 3 spiro atoms. The van der Waals surface area contributed by atoms with Gasteiger partial charge in [0.25, 0.3) is 0 Å². The molecule has 0 radical (unpaired) electrons. The Balaban J connectivity index is 0.0000000994. The first kappa shape index (κ1) is 83.6. The van der Waals surface area contributed by atoms with Crippen molar-refractivity contribution in [3.63, 3.8) is 0 Å². The summed E-state index contributed by atoms with van der Waals surface area (Å²) in [5.41, 5.74) is 48.9. The van der Waals surface area contributed by atoms with E-state index in [1.165, 1.54) is 203 Å². The van der Waals surface area contributed by atoms with Gasteiger partial charge in [-0.05, 0) is 267 Å². The maximum atomic E-state index is 9.46. The fraction of sp³-hybridized carbons (Fsp3) is 0.0286. The Kier molecular flexibility index (Phi) is 17.4. The fourth-order valence-corrected chi connectivity index (χ4v) is 28.8. The summed E-state index contributed by atoms with van der Waals surface area (Å²) in [6.45, 7) is 9.70. The Labute approximate surface area is 865 Å². The highest BCUT2D eigenvalue weighted by Gasteiger charge is 2.56. The van der Waals surface area contributed by atoms with Crippen molar-refractivity contribution in [1.29, 1.82) is 10.5 Å². The van der Waals surface area contributed by atoms with Crippen LogP contribution >= 0.6 is 11.3 Å². The smallest absolute Gasteiger partial charge is 0.187 e. The Bertz CT molecular complexity index is 11000. The van der Waals surface area contributed by atoms with Gasteiger partial charge in [-0.1, -0.05) is 339 Å². The number of hydrogen-bond acceptors (Lipinski definition) is 5. The summed E-state index contributed by atoms with van der Waals surface area (Å²) in [6.07, 6.45) is 3.77. The molecule has 6 aliphatic rings. The molecule has 0 bridgehead atoms. The molecular weight excluding hydrogens is 1840 g/mol. The first-order valence-electron chi connectivity index (χ1n) is 51.1. The molecule has 0 N–H and O–H groups in total. The summed E-state index contributed by atoms with van der Waals surface area (Å²) in [4.78, 5) is 8.10. The molecule has 9 nitrogen and oxygen atoms in total. The largest absolute Gasteiger partial charge is 0.455 e. The van der Waals surface area contributed by atoms with Crippen LogP contribution in [0.2, 0.25) is 0 Å². The van der Waals surface area contributed by atoms with Crippen LogP contribution in [0.1, 0.15) is 83.5 Å². The monoisotopic (exact) mass is 1920 g/mol. The van der Waals surface area contributed by atoms with Gasteiger partial charge in [0.15, 0.2) is 5.69 Å². The first-order valence-corrected chi connectivity index (χ1v) is 51.9. The topological polar surface area (TPSA) is 97.7 Å². The lowest BCUT2D eigenvalue weighted by atomic mass is 9.65. The predicted molar refractivity (Wildman–Crippen MR) is 612 cm³/mol. The minimum Gasteiger partial charge on any atom is -0.455 e. The number of aryl methyl sites for hydroxylation is 1. The Morgan fingerprint density at radius 3 is 1.43 bits per heavy atom.